The molecule has 1 fully saturated rings. The second-order valence-corrected chi connectivity index (χ2v) is 12.0. The number of sulfonamides is 1. The van der Waals surface area contributed by atoms with Gasteiger partial charge in [-0.3, -0.25) is 0 Å². The molecule has 0 bridgehead atoms. The van der Waals surface area contributed by atoms with Gasteiger partial charge in [0.05, 0.1) is 28.6 Å². The first-order chi connectivity index (χ1) is 20.4. The van der Waals surface area contributed by atoms with E-state index in [1.54, 1.807) is 42.5 Å². The van der Waals surface area contributed by atoms with E-state index in [-0.39, 0.29) is 17.3 Å². The first-order valence-electron chi connectivity index (χ1n) is 13.2. The van der Waals surface area contributed by atoms with Gasteiger partial charge in [0.25, 0.3) is 0 Å². The first kappa shape index (κ1) is 28.0. The molecule has 0 amide bonds. The minimum absolute atomic E-state index is 0.179. The summed E-state index contributed by atoms with van der Waals surface area (Å²) in [5.41, 5.74) is 3.67. The Kier molecular flexibility index (Phi) is 8.03. The molecule has 42 heavy (non-hydrogen) atoms. The van der Waals surface area contributed by atoms with Crippen LogP contribution in [0.25, 0.3) is 22.0 Å². The Balaban J connectivity index is 1.24. The number of morpholine rings is 1. The molecule has 2 heterocycles. The summed E-state index contributed by atoms with van der Waals surface area (Å²) < 4.78 is 52.5. The molecule has 4 aromatic carbocycles. The summed E-state index contributed by atoms with van der Waals surface area (Å²) in [6.07, 6.45) is 1.47. The Morgan fingerprint density at radius 3 is 2.55 bits per heavy atom. The zero-order valence-corrected chi connectivity index (χ0v) is 23.9. The quantitative estimate of drug-likeness (QED) is 0.218. The highest BCUT2D eigenvalue weighted by Gasteiger charge is 2.26. The predicted octanol–water partition coefficient (Wildman–Crippen LogP) is 6.43. The van der Waals surface area contributed by atoms with Gasteiger partial charge in [-0.2, -0.15) is 4.31 Å². The zero-order valence-electron chi connectivity index (χ0n) is 22.3. The van der Waals surface area contributed by atoms with Crippen LogP contribution in [0, 0.1) is 5.82 Å². The molecular weight excluding hydrogens is 579 g/mol. The predicted molar refractivity (Wildman–Crippen MR) is 160 cm³/mol. The van der Waals surface area contributed by atoms with Crippen molar-refractivity contribution in [3.05, 3.63) is 108 Å². The van der Waals surface area contributed by atoms with E-state index in [0.29, 0.717) is 54.1 Å². The average molecular weight is 605 g/mol. The summed E-state index contributed by atoms with van der Waals surface area (Å²) in [5, 5.41) is 4.43. The van der Waals surface area contributed by atoms with E-state index in [1.165, 1.54) is 22.8 Å². The van der Waals surface area contributed by atoms with Crippen molar-refractivity contribution in [3.63, 3.8) is 0 Å². The molecule has 1 saturated heterocycles. The highest BCUT2D eigenvalue weighted by atomic mass is 35.5. The molecule has 1 aliphatic heterocycles. The van der Waals surface area contributed by atoms with Gasteiger partial charge in [0.2, 0.25) is 10.0 Å². The summed E-state index contributed by atoms with van der Waals surface area (Å²) in [6, 6.07) is 24.1. The molecule has 1 aromatic heterocycles. The maximum atomic E-state index is 13.5. The van der Waals surface area contributed by atoms with Crippen LogP contribution in [0.15, 0.2) is 96.2 Å². The zero-order chi connectivity index (χ0) is 29.1. The van der Waals surface area contributed by atoms with Gasteiger partial charge in [0.15, 0.2) is 0 Å². The minimum atomic E-state index is -3.64. The SMILES string of the molecule is O=S(=O)(c1cccc(-c2ccc3ncnc(Nc4ccc(OCc5cccc(F)c5)c(Cl)c4)c3c2)c1)N1CCOCC1. The standard InChI is InChI=1S/C31H26ClFN4O4S/c32-28-18-25(8-10-30(28)41-19-21-3-1-5-24(33)15-21)36-31-27-17-23(7-9-29(27)34-20-35-31)22-4-2-6-26(16-22)42(38,39)37-11-13-40-14-12-37/h1-10,15-18,20H,11-14,19H2,(H,34,35,36). The molecule has 0 saturated carbocycles. The fourth-order valence-corrected chi connectivity index (χ4v) is 6.42. The Morgan fingerprint density at radius 2 is 1.74 bits per heavy atom. The van der Waals surface area contributed by atoms with Crippen molar-refractivity contribution in [1.29, 1.82) is 0 Å². The molecule has 214 valence electrons. The van der Waals surface area contributed by atoms with Crippen LogP contribution in [0.2, 0.25) is 5.02 Å². The van der Waals surface area contributed by atoms with Crippen LogP contribution >= 0.6 is 11.6 Å². The van der Waals surface area contributed by atoms with Crippen molar-refractivity contribution >= 4 is 44.0 Å². The number of fused-ring (bicyclic) bond motifs is 1. The summed E-state index contributed by atoms with van der Waals surface area (Å²) in [7, 11) is -3.64. The van der Waals surface area contributed by atoms with Crippen LogP contribution in [-0.4, -0.2) is 49.0 Å². The van der Waals surface area contributed by atoms with E-state index < -0.39 is 10.0 Å². The fourth-order valence-electron chi connectivity index (χ4n) is 4.73. The number of benzene rings is 4. The summed E-state index contributed by atoms with van der Waals surface area (Å²) in [6.45, 7) is 1.61. The number of nitrogens with one attached hydrogen (secondary N) is 1. The summed E-state index contributed by atoms with van der Waals surface area (Å²) in [4.78, 5) is 9.07. The second kappa shape index (κ2) is 12.0. The van der Waals surface area contributed by atoms with Crippen LogP contribution < -0.4 is 10.1 Å². The largest absolute Gasteiger partial charge is 0.487 e. The van der Waals surface area contributed by atoms with E-state index >= 15 is 0 Å². The molecule has 5 aromatic rings. The topological polar surface area (TPSA) is 93.7 Å². The lowest BCUT2D eigenvalue weighted by Crippen LogP contribution is -2.40. The Morgan fingerprint density at radius 1 is 0.929 bits per heavy atom. The molecule has 0 atom stereocenters. The number of hydrogen-bond acceptors (Lipinski definition) is 7. The van der Waals surface area contributed by atoms with Crippen molar-refractivity contribution in [1.82, 2.24) is 14.3 Å². The number of aromatic nitrogens is 2. The van der Waals surface area contributed by atoms with Crippen LogP contribution in [0.3, 0.4) is 0 Å². The third-order valence-corrected chi connectivity index (χ3v) is 9.08. The van der Waals surface area contributed by atoms with Crippen molar-refractivity contribution < 1.29 is 22.3 Å². The lowest BCUT2D eigenvalue weighted by atomic mass is 10.0. The Labute approximate surface area is 247 Å². The van der Waals surface area contributed by atoms with Gasteiger partial charge in [0, 0.05) is 24.2 Å². The number of hydrogen-bond donors (Lipinski definition) is 1. The van der Waals surface area contributed by atoms with Gasteiger partial charge in [-0.05, 0) is 71.3 Å². The fraction of sp³-hybridized carbons (Fsp3) is 0.161. The molecule has 8 nitrogen and oxygen atoms in total. The van der Waals surface area contributed by atoms with Crippen molar-refractivity contribution in [2.24, 2.45) is 0 Å². The first-order valence-corrected chi connectivity index (χ1v) is 15.1. The summed E-state index contributed by atoms with van der Waals surface area (Å²) >= 11 is 6.49. The number of ether oxygens (including phenoxy) is 2. The second-order valence-electron chi connectivity index (χ2n) is 9.69. The van der Waals surface area contributed by atoms with E-state index in [1.807, 2.05) is 30.3 Å². The third kappa shape index (κ3) is 6.07. The summed E-state index contributed by atoms with van der Waals surface area (Å²) in [5.74, 6) is 0.698. The molecule has 0 unspecified atom stereocenters. The Bertz CT molecular complexity index is 1870. The average Bonchev–Trinajstić information content (AvgIpc) is 3.01. The van der Waals surface area contributed by atoms with E-state index in [9.17, 15) is 12.8 Å². The van der Waals surface area contributed by atoms with Gasteiger partial charge in [-0.25, -0.2) is 22.8 Å². The molecule has 1 aliphatic rings. The van der Waals surface area contributed by atoms with Gasteiger partial charge in [0.1, 0.15) is 30.3 Å². The maximum absolute atomic E-state index is 13.5. The van der Waals surface area contributed by atoms with Crippen LogP contribution in [0.4, 0.5) is 15.9 Å². The van der Waals surface area contributed by atoms with Crippen molar-refractivity contribution in [3.8, 4) is 16.9 Å². The lowest BCUT2D eigenvalue weighted by Gasteiger charge is -2.26. The Hall–Kier alpha value is -4.09. The molecule has 0 spiro atoms. The van der Waals surface area contributed by atoms with Crippen molar-refractivity contribution in [2.75, 3.05) is 31.6 Å². The number of nitrogens with zero attached hydrogens (tertiary/aromatic N) is 3. The molecular formula is C31H26ClFN4O4S. The normalized spacial score (nSPS) is 14.1. The molecule has 11 heteroatoms. The van der Waals surface area contributed by atoms with E-state index in [0.717, 1.165) is 22.0 Å². The van der Waals surface area contributed by atoms with E-state index in [2.05, 4.69) is 15.3 Å². The third-order valence-electron chi connectivity index (χ3n) is 6.89. The highest BCUT2D eigenvalue weighted by Crippen LogP contribution is 2.33. The van der Waals surface area contributed by atoms with Gasteiger partial charge >= 0.3 is 0 Å². The lowest BCUT2D eigenvalue weighted by molar-refractivity contribution is 0.0730. The van der Waals surface area contributed by atoms with Gasteiger partial charge in [-0.15, -0.1) is 0 Å². The highest BCUT2D eigenvalue weighted by molar-refractivity contribution is 7.89. The number of rotatable bonds is 8. The monoisotopic (exact) mass is 604 g/mol. The van der Waals surface area contributed by atoms with E-state index in [4.69, 9.17) is 21.1 Å². The smallest absolute Gasteiger partial charge is 0.243 e. The molecule has 0 aliphatic carbocycles. The van der Waals surface area contributed by atoms with Gasteiger partial charge < -0.3 is 14.8 Å². The molecule has 1 N–H and O–H groups in total. The van der Waals surface area contributed by atoms with Gasteiger partial charge in [-0.1, -0.05) is 41.9 Å². The number of halogens is 2. The van der Waals surface area contributed by atoms with Crippen molar-refractivity contribution in [2.45, 2.75) is 11.5 Å². The van der Waals surface area contributed by atoms with Crippen LogP contribution in [0.5, 0.6) is 5.75 Å². The van der Waals surface area contributed by atoms with Crippen LogP contribution in [0.1, 0.15) is 5.56 Å². The van der Waals surface area contributed by atoms with Crippen LogP contribution in [-0.2, 0) is 21.4 Å². The maximum Gasteiger partial charge on any atom is 0.243 e. The number of anilines is 2. The minimum Gasteiger partial charge on any atom is -0.487 e. The molecule has 6 rings (SSSR count). The molecule has 0 radical (unpaired) electrons.